The van der Waals surface area contributed by atoms with Crippen molar-refractivity contribution in [3.63, 3.8) is 0 Å². The molecule has 112 valence electrons. The highest BCUT2D eigenvalue weighted by molar-refractivity contribution is 7.11. The lowest BCUT2D eigenvalue weighted by atomic mass is 10.2. The van der Waals surface area contributed by atoms with Crippen molar-refractivity contribution in [2.45, 2.75) is 39.3 Å². The Morgan fingerprint density at radius 3 is 3.10 bits per heavy atom. The Bertz CT molecular complexity index is 430. The molecule has 1 unspecified atom stereocenters. The van der Waals surface area contributed by atoms with Crippen molar-refractivity contribution in [1.82, 2.24) is 15.2 Å². The van der Waals surface area contributed by atoms with Crippen LogP contribution in [0.1, 0.15) is 42.2 Å². The van der Waals surface area contributed by atoms with Crippen LogP contribution in [0.2, 0.25) is 0 Å². The quantitative estimate of drug-likeness (QED) is 0.779. The first-order valence-electron chi connectivity index (χ1n) is 7.30. The molecule has 6 heteroatoms. The van der Waals surface area contributed by atoms with Crippen LogP contribution in [0.25, 0.3) is 0 Å². The fourth-order valence-corrected chi connectivity index (χ4v) is 3.20. The van der Waals surface area contributed by atoms with Gasteiger partial charge in [-0.05, 0) is 32.9 Å². The molecular weight excluding hydrogens is 274 g/mol. The molecule has 1 aromatic heterocycles. The minimum Gasteiger partial charge on any atom is -0.461 e. The molecule has 2 heterocycles. The predicted molar refractivity (Wildman–Crippen MR) is 80.0 cm³/mol. The van der Waals surface area contributed by atoms with Crippen LogP contribution in [0, 0.1) is 0 Å². The molecule has 0 bridgehead atoms. The summed E-state index contributed by atoms with van der Waals surface area (Å²) in [7, 11) is 0. The monoisotopic (exact) mass is 297 g/mol. The van der Waals surface area contributed by atoms with E-state index in [1.165, 1.54) is 17.8 Å². The zero-order chi connectivity index (χ0) is 14.4. The van der Waals surface area contributed by atoms with Gasteiger partial charge in [-0.2, -0.15) is 0 Å². The molecule has 5 nitrogen and oxygen atoms in total. The first-order chi connectivity index (χ1) is 9.74. The number of carbonyl (C=O) groups excluding carboxylic acids is 1. The van der Waals surface area contributed by atoms with Crippen molar-refractivity contribution in [2.24, 2.45) is 0 Å². The second kappa shape index (κ2) is 7.71. The van der Waals surface area contributed by atoms with Crippen molar-refractivity contribution in [3.8, 4) is 0 Å². The molecule has 1 atom stereocenters. The van der Waals surface area contributed by atoms with Gasteiger partial charge in [0.05, 0.1) is 12.3 Å². The first-order valence-corrected chi connectivity index (χ1v) is 8.18. The van der Waals surface area contributed by atoms with E-state index in [1.54, 1.807) is 0 Å². The molecule has 1 fully saturated rings. The van der Waals surface area contributed by atoms with Gasteiger partial charge in [-0.15, -0.1) is 11.3 Å². The summed E-state index contributed by atoms with van der Waals surface area (Å²) in [6.07, 6.45) is 2.32. The second-order valence-electron chi connectivity index (χ2n) is 4.98. The number of hydrogen-bond acceptors (Lipinski definition) is 6. The van der Waals surface area contributed by atoms with Gasteiger partial charge >= 0.3 is 5.97 Å². The van der Waals surface area contributed by atoms with Crippen molar-refractivity contribution < 1.29 is 9.53 Å². The highest BCUT2D eigenvalue weighted by atomic mass is 32.1. The average Bonchev–Trinajstić information content (AvgIpc) is 3.10. The van der Waals surface area contributed by atoms with Gasteiger partial charge in [-0.25, -0.2) is 9.78 Å². The second-order valence-corrected chi connectivity index (χ2v) is 5.84. The summed E-state index contributed by atoms with van der Waals surface area (Å²) < 4.78 is 4.98. The summed E-state index contributed by atoms with van der Waals surface area (Å²) in [5, 5.41) is 5.83. The van der Waals surface area contributed by atoms with E-state index in [9.17, 15) is 4.79 Å². The van der Waals surface area contributed by atoms with Gasteiger partial charge in [0.2, 0.25) is 5.01 Å². The van der Waals surface area contributed by atoms with Crippen LogP contribution in [0.3, 0.4) is 0 Å². The lowest BCUT2D eigenvalue weighted by molar-refractivity contribution is 0.0525. The SMILES string of the molecule is CCCN(Cc1csc(C(=O)OCC)n1)C1CCNC1. The van der Waals surface area contributed by atoms with Crippen molar-refractivity contribution in [1.29, 1.82) is 0 Å². The molecule has 0 spiro atoms. The number of rotatable bonds is 7. The Morgan fingerprint density at radius 1 is 1.60 bits per heavy atom. The molecule has 0 aliphatic carbocycles. The van der Waals surface area contributed by atoms with Gasteiger partial charge in [0.1, 0.15) is 0 Å². The van der Waals surface area contributed by atoms with E-state index < -0.39 is 0 Å². The number of esters is 1. The maximum atomic E-state index is 11.6. The molecular formula is C14H23N3O2S. The molecule has 1 aromatic rings. The number of nitrogens with zero attached hydrogens (tertiary/aromatic N) is 2. The molecule has 0 aromatic carbocycles. The number of aromatic nitrogens is 1. The molecule has 2 rings (SSSR count). The zero-order valence-electron chi connectivity index (χ0n) is 12.2. The standard InChI is InChI=1S/C14H23N3O2S/c1-3-7-17(12-5-6-15-8-12)9-11-10-20-13(16-11)14(18)19-4-2/h10,12,15H,3-9H2,1-2H3. The predicted octanol–water partition coefficient (Wildman–Crippen LogP) is 1.89. The summed E-state index contributed by atoms with van der Waals surface area (Å²) in [5.74, 6) is -0.312. The Morgan fingerprint density at radius 2 is 2.45 bits per heavy atom. The van der Waals surface area contributed by atoms with Crippen LogP contribution >= 0.6 is 11.3 Å². The molecule has 1 N–H and O–H groups in total. The Kier molecular flexibility index (Phi) is 5.94. The molecule has 0 saturated carbocycles. The Labute approximate surface area is 124 Å². The number of nitrogens with one attached hydrogen (secondary N) is 1. The molecule has 1 saturated heterocycles. The maximum Gasteiger partial charge on any atom is 0.367 e. The first kappa shape index (κ1) is 15.4. The van der Waals surface area contributed by atoms with Crippen LogP contribution in [-0.2, 0) is 11.3 Å². The fourth-order valence-electron chi connectivity index (χ4n) is 2.50. The van der Waals surface area contributed by atoms with Crippen molar-refractivity contribution in [2.75, 3.05) is 26.2 Å². The minimum atomic E-state index is -0.312. The molecule has 1 aliphatic rings. The Balaban J connectivity index is 1.97. The van der Waals surface area contributed by atoms with Crippen LogP contribution in [0.15, 0.2) is 5.38 Å². The summed E-state index contributed by atoms with van der Waals surface area (Å²) in [5.41, 5.74) is 0.971. The Hall–Kier alpha value is -0.980. The third-order valence-electron chi connectivity index (χ3n) is 3.43. The van der Waals surface area contributed by atoms with Gasteiger partial charge in [0, 0.05) is 24.5 Å². The van der Waals surface area contributed by atoms with Crippen LogP contribution in [0.4, 0.5) is 0 Å². The summed E-state index contributed by atoms with van der Waals surface area (Å²) in [4.78, 5) is 18.5. The van der Waals surface area contributed by atoms with E-state index in [1.807, 2.05) is 12.3 Å². The highest BCUT2D eigenvalue weighted by Crippen LogP contribution is 2.17. The molecule has 0 amide bonds. The van der Waals surface area contributed by atoms with Gasteiger partial charge in [-0.3, -0.25) is 4.90 Å². The zero-order valence-corrected chi connectivity index (χ0v) is 13.0. The number of carbonyl (C=O) groups is 1. The van der Waals surface area contributed by atoms with Crippen LogP contribution in [-0.4, -0.2) is 48.1 Å². The number of thiazole rings is 1. The van der Waals surface area contributed by atoms with E-state index >= 15 is 0 Å². The van der Waals surface area contributed by atoms with E-state index in [2.05, 4.69) is 22.1 Å². The number of hydrogen-bond donors (Lipinski definition) is 1. The topological polar surface area (TPSA) is 54.5 Å². The lowest BCUT2D eigenvalue weighted by Crippen LogP contribution is -2.37. The summed E-state index contributed by atoms with van der Waals surface area (Å²) in [6.45, 7) is 8.42. The van der Waals surface area contributed by atoms with Gasteiger partial charge in [0.25, 0.3) is 0 Å². The average molecular weight is 297 g/mol. The minimum absolute atomic E-state index is 0.312. The smallest absolute Gasteiger partial charge is 0.367 e. The van der Waals surface area contributed by atoms with Crippen molar-refractivity contribution in [3.05, 3.63) is 16.1 Å². The van der Waals surface area contributed by atoms with E-state index in [4.69, 9.17) is 4.74 Å². The van der Waals surface area contributed by atoms with Crippen LogP contribution < -0.4 is 5.32 Å². The van der Waals surface area contributed by atoms with Gasteiger partial charge in [0.15, 0.2) is 0 Å². The summed E-state index contributed by atoms with van der Waals surface area (Å²) >= 11 is 1.37. The third kappa shape index (κ3) is 4.01. The fraction of sp³-hybridized carbons (Fsp3) is 0.714. The highest BCUT2D eigenvalue weighted by Gasteiger charge is 2.23. The largest absolute Gasteiger partial charge is 0.461 e. The van der Waals surface area contributed by atoms with Crippen molar-refractivity contribution >= 4 is 17.3 Å². The lowest BCUT2D eigenvalue weighted by Gasteiger charge is -2.27. The molecule has 0 radical (unpaired) electrons. The summed E-state index contributed by atoms with van der Waals surface area (Å²) in [6, 6.07) is 0.586. The van der Waals surface area contributed by atoms with E-state index in [0.29, 0.717) is 17.7 Å². The van der Waals surface area contributed by atoms with Gasteiger partial charge < -0.3 is 10.1 Å². The molecule has 20 heavy (non-hydrogen) atoms. The molecule has 1 aliphatic heterocycles. The van der Waals surface area contributed by atoms with Crippen LogP contribution in [0.5, 0.6) is 0 Å². The van der Waals surface area contributed by atoms with E-state index in [-0.39, 0.29) is 5.97 Å². The normalized spacial score (nSPS) is 18.6. The third-order valence-corrected chi connectivity index (χ3v) is 4.30. The maximum absolute atomic E-state index is 11.6. The van der Waals surface area contributed by atoms with E-state index in [0.717, 1.165) is 38.3 Å². The van der Waals surface area contributed by atoms with Gasteiger partial charge in [-0.1, -0.05) is 6.92 Å². The number of ether oxygens (including phenoxy) is 1.